The van der Waals surface area contributed by atoms with Crippen LogP contribution in [-0.4, -0.2) is 36.3 Å². The molecule has 0 aliphatic carbocycles. The highest BCUT2D eigenvalue weighted by molar-refractivity contribution is 5.90. The minimum Gasteiger partial charge on any atom is -0.338 e. The van der Waals surface area contributed by atoms with Crippen LogP contribution >= 0.6 is 0 Å². The molecule has 26 heavy (non-hydrogen) atoms. The first kappa shape index (κ1) is 18.9. The van der Waals surface area contributed by atoms with E-state index >= 15 is 0 Å². The number of nitrogens with zero attached hydrogens (tertiary/aromatic N) is 1. The van der Waals surface area contributed by atoms with Crippen LogP contribution in [-0.2, 0) is 16.1 Å². The predicted molar refractivity (Wildman–Crippen MR) is 104 cm³/mol. The number of carbonyl (C=O) groups is 2. The van der Waals surface area contributed by atoms with Crippen molar-refractivity contribution < 1.29 is 9.59 Å². The number of likely N-dealkylation sites (tertiary alicyclic amines) is 1. The summed E-state index contributed by atoms with van der Waals surface area (Å²) < 4.78 is 0. The summed E-state index contributed by atoms with van der Waals surface area (Å²) in [5, 5.41) is 6.42. The Hall–Kier alpha value is -1.88. The summed E-state index contributed by atoms with van der Waals surface area (Å²) in [5.41, 5.74) is 1.90. The van der Waals surface area contributed by atoms with Crippen LogP contribution in [0.4, 0.5) is 5.69 Å². The van der Waals surface area contributed by atoms with Gasteiger partial charge in [-0.05, 0) is 68.3 Å². The minimum absolute atomic E-state index is 0.0854. The molecule has 0 radical (unpaired) electrons. The largest absolute Gasteiger partial charge is 0.338 e. The van der Waals surface area contributed by atoms with Gasteiger partial charge in [0.2, 0.25) is 11.8 Å². The summed E-state index contributed by atoms with van der Waals surface area (Å²) in [7, 11) is 0. The summed E-state index contributed by atoms with van der Waals surface area (Å²) in [5.74, 6) is 1.37. The Balaban J connectivity index is 1.52. The van der Waals surface area contributed by atoms with E-state index in [4.69, 9.17) is 0 Å². The molecule has 2 aliphatic rings. The van der Waals surface area contributed by atoms with Crippen molar-refractivity contribution in [2.24, 2.45) is 11.8 Å². The average Bonchev–Trinajstić information content (AvgIpc) is 2.64. The summed E-state index contributed by atoms with van der Waals surface area (Å²) in [4.78, 5) is 26.3. The molecular weight excluding hydrogens is 326 g/mol. The number of hydrogen-bond acceptors (Lipinski definition) is 3. The van der Waals surface area contributed by atoms with Gasteiger partial charge in [0.25, 0.3) is 0 Å². The Labute approximate surface area is 156 Å². The van der Waals surface area contributed by atoms with Gasteiger partial charge in [0.05, 0.1) is 0 Å². The molecule has 1 unspecified atom stereocenters. The van der Waals surface area contributed by atoms with Crippen LogP contribution in [0.25, 0.3) is 0 Å². The first-order valence-corrected chi connectivity index (χ1v) is 9.99. The lowest BCUT2D eigenvalue weighted by Gasteiger charge is -2.28. The van der Waals surface area contributed by atoms with E-state index in [9.17, 15) is 9.59 Å². The average molecular weight is 357 g/mol. The zero-order valence-electron chi connectivity index (χ0n) is 15.8. The van der Waals surface area contributed by atoms with Gasteiger partial charge in [-0.15, -0.1) is 0 Å². The normalized spacial score (nSPS) is 20.0. The van der Waals surface area contributed by atoms with Crippen LogP contribution in [0.15, 0.2) is 24.3 Å². The molecule has 2 saturated heterocycles. The van der Waals surface area contributed by atoms with Gasteiger partial charge >= 0.3 is 0 Å². The first-order valence-electron chi connectivity index (χ1n) is 9.99. The maximum Gasteiger partial charge on any atom is 0.224 e. The molecule has 0 spiro atoms. The Morgan fingerprint density at radius 3 is 2.88 bits per heavy atom. The van der Waals surface area contributed by atoms with Crippen molar-refractivity contribution >= 4 is 17.5 Å². The highest BCUT2D eigenvalue weighted by Gasteiger charge is 2.22. The maximum atomic E-state index is 12.4. The number of benzene rings is 1. The van der Waals surface area contributed by atoms with Crippen LogP contribution in [0, 0.1) is 11.8 Å². The molecule has 142 valence electrons. The van der Waals surface area contributed by atoms with E-state index in [0.717, 1.165) is 56.6 Å². The van der Waals surface area contributed by atoms with E-state index in [1.807, 2.05) is 29.2 Å². The number of rotatable bonds is 6. The summed E-state index contributed by atoms with van der Waals surface area (Å²) in [6, 6.07) is 7.90. The van der Waals surface area contributed by atoms with Crippen LogP contribution in [0.3, 0.4) is 0 Å². The van der Waals surface area contributed by atoms with Gasteiger partial charge < -0.3 is 15.5 Å². The first-order chi connectivity index (χ1) is 12.6. The number of nitrogens with one attached hydrogen (secondary N) is 2. The quantitative estimate of drug-likeness (QED) is 0.822. The third-order valence-corrected chi connectivity index (χ3v) is 5.70. The monoisotopic (exact) mass is 357 g/mol. The number of hydrogen-bond donors (Lipinski definition) is 2. The second-order valence-electron chi connectivity index (χ2n) is 7.79. The minimum atomic E-state index is 0.0854. The van der Waals surface area contributed by atoms with Crippen molar-refractivity contribution in [1.82, 2.24) is 10.2 Å². The smallest absolute Gasteiger partial charge is 0.224 e. The SMILES string of the molecule is CC(CC(=O)Nc1cccc(CN2CCCCC2=O)c1)C1CCNCC1. The van der Waals surface area contributed by atoms with Crippen molar-refractivity contribution in [2.45, 2.75) is 52.0 Å². The van der Waals surface area contributed by atoms with Crippen LogP contribution in [0.1, 0.15) is 51.0 Å². The van der Waals surface area contributed by atoms with Crippen molar-refractivity contribution in [3.05, 3.63) is 29.8 Å². The standard InChI is InChI=1S/C21H31N3O2/c1-16(18-8-10-22-11-9-18)13-20(25)23-19-6-4-5-17(14-19)15-24-12-3-2-7-21(24)26/h4-6,14,16,18,22H,2-3,7-13,15H2,1H3,(H,23,25). The van der Waals surface area contributed by atoms with Gasteiger partial charge in [0, 0.05) is 31.6 Å². The van der Waals surface area contributed by atoms with E-state index in [-0.39, 0.29) is 11.8 Å². The second-order valence-corrected chi connectivity index (χ2v) is 7.79. The number of amides is 2. The topological polar surface area (TPSA) is 61.4 Å². The molecule has 1 aromatic rings. The zero-order chi connectivity index (χ0) is 18.4. The maximum absolute atomic E-state index is 12.4. The van der Waals surface area contributed by atoms with Crippen molar-refractivity contribution in [3.8, 4) is 0 Å². The highest BCUT2D eigenvalue weighted by Crippen LogP contribution is 2.25. The van der Waals surface area contributed by atoms with Crippen LogP contribution in [0.2, 0.25) is 0 Å². The lowest BCUT2D eigenvalue weighted by atomic mass is 9.84. The van der Waals surface area contributed by atoms with Crippen molar-refractivity contribution in [2.75, 3.05) is 25.0 Å². The number of carbonyl (C=O) groups excluding carboxylic acids is 2. The molecule has 2 aliphatic heterocycles. The molecule has 2 fully saturated rings. The van der Waals surface area contributed by atoms with E-state index in [2.05, 4.69) is 17.6 Å². The van der Waals surface area contributed by atoms with Gasteiger partial charge in [0.15, 0.2) is 0 Å². The summed E-state index contributed by atoms with van der Waals surface area (Å²) in [6.07, 6.45) is 5.63. The third kappa shape index (κ3) is 5.31. The lowest BCUT2D eigenvalue weighted by Crippen LogP contribution is -2.34. The Morgan fingerprint density at radius 1 is 1.31 bits per heavy atom. The Morgan fingerprint density at radius 2 is 2.12 bits per heavy atom. The van der Waals surface area contributed by atoms with Gasteiger partial charge in [-0.25, -0.2) is 0 Å². The van der Waals surface area contributed by atoms with Gasteiger partial charge in [0.1, 0.15) is 0 Å². The molecule has 2 amide bonds. The molecule has 5 nitrogen and oxygen atoms in total. The molecule has 5 heteroatoms. The summed E-state index contributed by atoms with van der Waals surface area (Å²) in [6.45, 7) is 5.78. The van der Waals surface area contributed by atoms with E-state index < -0.39 is 0 Å². The number of anilines is 1. The fourth-order valence-electron chi connectivity index (χ4n) is 4.08. The van der Waals surface area contributed by atoms with Gasteiger partial charge in [-0.3, -0.25) is 9.59 Å². The van der Waals surface area contributed by atoms with Crippen molar-refractivity contribution in [3.63, 3.8) is 0 Å². The second kappa shape index (κ2) is 9.17. The van der Waals surface area contributed by atoms with Gasteiger partial charge in [-0.2, -0.15) is 0 Å². The molecule has 1 aromatic carbocycles. The molecule has 2 N–H and O–H groups in total. The molecule has 1 atom stereocenters. The molecule has 3 rings (SSSR count). The van der Waals surface area contributed by atoms with Crippen molar-refractivity contribution in [1.29, 1.82) is 0 Å². The number of piperidine rings is 2. The highest BCUT2D eigenvalue weighted by atomic mass is 16.2. The fraction of sp³-hybridized carbons (Fsp3) is 0.619. The van der Waals surface area contributed by atoms with Crippen LogP contribution in [0.5, 0.6) is 0 Å². The summed E-state index contributed by atoms with van der Waals surface area (Å²) >= 11 is 0. The molecule has 0 bridgehead atoms. The Kier molecular flexibility index (Phi) is 6.67. The molecule has 0 aromatic heterocycles. The molecule has 0 saturated carbocycles. The van der Waals surface area contributed by atoms with E-state index in [1.54, 1.807) is 0 Å². The van der Waals surface area contributed by atoms with E-state index in [0.29, 0.717) is 31.2 Å². The van der Waals surface area contributed by atoms with E-state index in [1.165, 1.54) is 0 Å². The third-order valence-electron chi connectivity index (χ3n) is 5.70. The zero-order valence-corrected chi connectivity index (χ0v) is 15.8. The lowest BCUT2D eigenvalue weighted by molar-refractivity contribution is -0.133. The molecular formula is C21H31N3O2. The Bertz CT molecular complexity index is 625. The van der Waals surface area contributed by atoms with Crippen LogP contribution < -0.4 is 10.6 Å². The predicted octanol–water partition coefficient (Wildman–Crippen LogP) is 3.16. The fourth-order valence-corrected chi connectivity index (χ4v) is 4.08. The van der Waals surface area contributed by atoms with Gasteiger partial charge in [-0.1, -0.05) is 19.1 Å². The molecule has 2 heterocycles.